The molecule has 2 heteroatoms. The van der Waals surface area contributed by atoms with Gasteiger partial charge in [0.05, 0.1) is 0 Å². The SMILES string of the molecule is CCC1CCCCC1C(O)c1ccc(C)o1. The van der Waals surface area contributed by atoms with Crippen molar-refractivity contribution in [2.24, 2.45) is 11.8 Å². The minimum Gasteiger partial charge on any atom is -0.464 e. The van der Waals surface area contributed by atoms with Crippen LogP contribution in [0.3, 0.4) is 0 Å². The summed E-state index contributed by atoms with van der Waals surface area (Å²) < 4.78 is 5.54. The highest BCUT2D eigenvalue weighted by atomic mass is 16.4. The van der Waals surface area contributed by atoms with E-state index in [1.807, 2.05) is 19.1 Å². The highest BCUT2D eigenvalue weighted by molar-refractivity contribution is 5.09. The van der Waals surface area contributed by atoms with Crippen LogP contribution >= 0.6 is 0 Å². The van der Waals surface area contributed by atoms with Gasteiger partial charge in [-0.3, -0.25) is 0 Å². The van der Waals surface area contributed by atoms with Crippen molar-refractivity contribution in [3.63, 3.8) is 0 Å². The first kappa shape index (κ1) is 11.7. The number of rotatable bonds is 3. The summed E-state index contributed by atoms with van der Waals surface area (Å²) in [5.41, 5.74) is 0. The quantitative estimate of drug-likeness (QED) is 0.843. The lowest BCUT2D eigenvalue weighted by Gasteiger charge is -2.33. The van der Waals surface area contributed by atoms with E-state index in [4.69, 9.17) is 4.42 Å². The highest BCUT2D eigenvalue weighted by Crippen LogP contribution is 2.40. The molecule has 2 rings (SSSR count). The average Bonchev–Trinajstić information content (AvgIpc) is 2.75. The van der Waals surface area contributed by atoms with E-state index in [-0.39, 0.29) is 0 Å². The number of aliphatic hydroxyl groups excluding tert-OH is 1. The van der Waals surface area contributed by atoms with Gasteiger partial charge in [-0.2, -0.15) is 0 Å². The fraction of sp³-hybridized carbons (Fsp3) is 0.714. The van der Waals surface area contributed by atoms with Crippen molar-refractivity contribution >= 4 is 0 Å². The number of aryl methyl sites for hydroxylation is 1. The molecule has 0 aliphatic heterocycles. The van der Waals surface area contributed by atoms with Gasteiger partial charge in [-0.05, 0) is 37.3 Å². The molecule has 1 N–H and O–H groups in total. The van der Waals surface area contributed by atoms with Crippen LogP contribution in [0.15, 0.2) is 16.5 Å². The van der Waals surface area contributed by atoms with Crippen LogP contribution in [0.1, 0.15) is 56.7 Å². The van der Waals surface area contributed by atoms with Crippen molar-refractivity contribution in [1.29, 1.82) is 0 Å². The molecule has 0 spiro atoms. The molecule has 1 saturated carbocycles. The summed E-state index contributed by atoms with van der Waals surface area (Å²) in [7, 11) is 0. The Hall–Kier alpha value is -0.760. The molecule has 3 unspecified atom stereocenters. The third kappa shape index (κ3) is 2.32. The smallest absolute Gasteiger partial charge is 0.132 e. The van der Waals surface area contributed by atoms with Gasteiger partial charge in [-0.25, -0.2) is 0 Å². The molecule has 1 heterocycles. The van der Waals surface area contributed by atoms with Crippen LogP contribution in [0.25, 0.3) is 0 Å². The van der Waals surface area contributed by atoms with Crippen LogP contribution in [0.2, 0.25) is 0 Å². The van der Waals surface area contributed by atoms with E-state index >= 15 is 0 Å². The molecule has 0 amide bonds. The van der Waals surface area contributed by atoms with Crippen molar-refractivity contribution < 1.29 is 9.52 Å². The van der Waals surface area contributed by atoms with E-state index in [1.54, 1.807) is 0 Å². The van der Waals surface area contributed by atoms with Gasteiger partial charge in [0.1, 0.15) is 17.6 Å². The van der Waals surface area contributed by atoms with E-state index in [9.17, 15) is 5.11 Å². The van der Waals surface area contributed by atoms with Gasteiger partial charge >= 0.3 is 0 Å². The van der Waals surface area contributed by atoms with Gasteiger partial charge in [0.2, 0.25) is 0 Å². The van der Waals surface area contributed by atoms with Crippen molar-refractivity contribution in [2.45, 2.75) is 52.1 Å². The Bertz CT molecular complexity index is 329. The molecule has 0 radical (unpaired) electrons. The zero-order chi connectivity index (χ0) is 11.5. The van der Waals surface area contributed by atoms with Gasteiger partial charge in [0, 0.05) is 0 Å². The Morgan fingerprint density at radius 1 is 1.38 bits per heavy atom. The molecule has 0 saturated heterocycles. The van der Waals surface area contributed by atoms with Gasteiger partial charge in [0.15, 0.2) is 0 Å². The predicted molar refractivity (Wildman–Crippen MR) is 64.1 cm³/mol. The first-order valence-electron chi connectivity index (χ1n) is 6.46. The molecule has 16 heavy (non-hydrogen) atoms. The summed E-state index contributed by atoms with van der Waals surface area (Å²) in [5.74, 6) is 2.69. The van der Waals surface area contributed by atoms with E-state index in [0.717, 1.165) is 17.9 Å². The summed E-state index contributed by atoms with van der Waals surface area (Å²) in [6.45, 7) is 4.15. The predicted octanol–water partition coefficient (Wildman–Crippen LogP) is 3.84. The van der Waals surface area contributed by atoms with Gasteiger partial charge in [-0.1, -0.05) is 32.6 Å². The summed E-state index contributed by atoms with van der Waals surface area (Å²) in [6, 6.07) is 3.85. The molecule has 3 atom stereocenters. The van der Waals surface area contributed by atoms with E-state index in [0.29, 0.717) is 11.8 Å². The second kappa shape index (κ2) is 5.05. The van der Waals surface area contributed by atoms with E-state index < -0.39 is 6.10 Å². The summed E-state index contributed by atoms with van der Waals surface area (Å²) in [5, 5.41) is 10.4. The first-order valence-corrected chi connectivity index (χ1v) is 6.46. The maximum atomic E-state index is 10.4. The summed E-state index contributed by atoms with van der Waals surface area (Å²) in [6.07, 6.45) is 5.73. The van der Waals surface area contributed by atoms with E-state index in [2.05, 4.69) is 6.92 Å². The van der Waals surface area contributed by atoms with Gasteiger partial charge in [-0.15, -0.1) is 0 Å². The lowest BCUT2D eigenvalue weighted by Crippen LogP contribution is -2.25. The lowest BCUT2D eigenvalue weighted by molar-refractivity contribution is 0.0293. The molecule has 1 fully saturated rings. The van der Waals surface area contributed by atoms with Gasteiger partial charge < -0.3 is 9.52 Å². The third-order valence-electron chi connectivity index (χ3n) is 3.95. The van der Waals surface area contributed by atoms with Crippen LogP contribution in [-0.2, 0) is 0 Å². The normalized spacial score (nSPS) is 27.9. The fourth-order valence-electron chi connectivity index (χ4n) is 2.98. The average molecular weight is 222 g/mol. The van der Waals surface area contributed by atoms with Crippen LogP contribution in [0.5, 0.6) is 0 Å². The Kier molecular flexibility index (Phi) is 3.70. The van der Waals surface area contributed by atoms with Crippen molar-refractivity contribution in [3.8, 4) is 0 Å². The molecule has 1 aromatic heterocycles. The Morgan fingerprint density at radius 2 is 2.12 bits per heavy atom. The fourth-order valence-corrected chi connectivity index (χ4v) is 2.98. The molecule has 1 aromatic rings. The number of furan rings is 1. The van der Waals surface area contributed by atoms with Crippen LogP contribution < -0.4 is 0 Å². The molecular formula is C14H22O2. The monoisotopic (exact) mass is 222 g/mol. The first-order chi connectivity index (χ1) is 7.72. The maximum absolute atomic E-state index is 10.4. The van der Waals surface area contributed by atoms with Crippen molar-refractivity contribution in [2.75, 3.05) is 0 Å². The zero-order valence-corrected chi connectivity index (χ0v) is 10.3. The number of aliphatic hydroxyl groups is 1. The maximum Gasteiger partial charge on any atom is 0.132 e. The van der Waals surface area contributed by atoms with E-state index in [1.165, 1.54) is 25.7 Å². The third-order valence-corrected chi connectivity index (χ3v) is 3.95. The second-order valence-electron chi connectivity index (χ2n) is 5.01. The highest BCUT2D eigenvalue weighted by Gasteiger charge is 2.31. The lowest BCUT2D eigenvalue weighted by atomic mass is 9.74. The second-order valence-corrected chi connectivity index (χ2v) is 5.01. The van der Waals surface area contributed by atoms with Crippen LogP contribution in [0, 0.1) is 18.8 Å². The van der Waals surface area contributed by atoms with Crippen LogP contribution in [0.4, 0.5) is 0 Å². The molecule has 2 nitrogen and oxygen atoms in total. The largest absolute Gasteiger partial charge is 0.464 e. The van der Waals surface area contributed by atoms with Crippen molar-refractivity contribution in [1.82, 2.24) is 0 Å². The Balaban J connectivity index is 2.10. The Morgan fingerprint density at radius 3 is 2.75 bits per heavy atom. The zero-order valence-electron chi connectivity index (χ0n) is 10.3. The molecule has 90 valence electrons. The van der Waals surface area contributed by atoms with Crippen LogP contribution in [-0.4, -0.2) is 5.11 Å². The molecule has 0 aromatic carbocycles. The number of hydrogen-bond acceptors (Lipinski definition) is 2. The number of hydrogen-bond donors (Lipinski definition) is 1. The molecule has 0 bridgehead atoms. The molecular weight excluding hydrogens is 200 g/mol. The minimum absolute atomic E-state index is 0.393. The summed E-state index contributed by atoms with van der Waals surface area (Å²) in [4.78, 5) is 0. The topological polar surface area (TPSA) is 33.4 Å². The summed E-state index contributed by atoms with van der Waals surface area (Å²) >= 11 is 0. The van der Waals surface area contributed by atoms with Gasteiger partial charge in [0.25, 0.3) is 0 Å². The molecule has 1 aliphatic rings. The van der Waals surface area contributed by atoms with Crippen molar-refractivity contribution in [3.05, 3.63) is 23.7 Å². The standard InChI is InChI=1S/C14H22O2/c1-3-11-6-4-5-7-12(11)14(15)13-9-8-10(2)16-13/h8-9,11-12,14-15H,3-7H2,1-2H3. The molecule has 1 aliphatic carbocycles. The minimum atomic E-state index is -0.404. The Labute approximate surface area is 97.7 Å².